The number of hydrogen-bond acceptors (Lipinski definition) is 7. The van der Waals surface area contributed by atoms with Gasteiger partial charge in [0.25, 0.3) is 11.5 Å². The largest absolute Gasteiger partial charge is 0.463 e. The van der Waals surface area contributed by atoms with E-state index in [4.69, 9.17) is 4.42 Å². The van der Waals surface area contributed by atoms with Crippen LogP contribution >= 0.6 is 0 Å². The highest BCUT2D eigenvalue weighted by molar-refractivity contribution is 7.91. The first-order valence-electron chi connectivity index (χ1n) is 12.6. The number of nitrogens with zero attached hydrogens (tertiary/aromatic N) is 1. The SMILES string of the molecule is O=C(NS(=O)(=O)C1CC1)c1c(-c2ccc[nH]c2=O)c2c3occc3c(F)cc2n1Cc1cc(C(O)CO)ccc1F. The Hall–Kier alpha value is -4.33. The van der Waals surface area contributed by atoms with Gasteiger partial charge in [0.05, 0.1) is 46.5 Å². The minimum absolute atomic E-state index is 0.000952. The van der Waals surface area contributed by atoms with E-state index in [9.17, 15) is 28.2 Å². The second kappa shape index (κ2) is 9.94. The van der Waals surface area contributed by atoms with Crippen LogP contribution in [0.15, 0.2) is 64.1 Å². The highest BCUT2D eigenvalue weighted by atomic mass is 32.2. The van der Waals surface area contributed by atoms with Crippen LogP contribution in [0.2, 0.25) is 0 Å². The van der Waals surface area contributed by atoms with E-state index in [1.807, 2.05) is 0 Å². The second-order valence-electron chi connectivity index (χ2n) is 9.86. The third-order valence-corrected chi connectivity index (χ3v) is 8.99. The number of hydrogen-bond donors (Lipinski definition) is 4. The Morgan fingerprint density at radius 1 is 1.17 bits per heavy atom. The van der Waals surface area contributed by atoms with E-state index >= 15 is 8.78 Å². The number of aromatic amines is 1. The molecule has 212 valence electrons. The number of aromatic nitrogens is 2. The predicted octanol–water partition coefficient (Wildman–Crippen LogP) is 3.32. The molecule has 1 aliphatic carbocycles. The molecule has 1 saturated carbocycles. The number of halogens is 2. The summed E-state index contributed by atoms with van der Waals surface area (Å²) in [6.07, 6.45) is 2.04. The molecule has 41 heavy (non-hydrogen) atoms. The molecule has 1 unspecified atom stereocenters. The van der Waals surface area contributed by atoms with E-state index in [0.717, 1.165) is 12.1 Å². The van der Waals surface area contributed by atoms with Gasteiger partial charge in [0.2, 0.25) is 10.0 Å². The van der Waals surface area contributed by atoms with E-state index < -0.39 is 57.6 Å². The fourth-order valence-corrected chi connectivity index (χ4v) is 6.30. The smallest absolute Gasteiger partial charge is 0.282 e. The average Bonchev–Trinajstić information content (AvgIpc) is 3.62. The normalized spacial score (nSPS) is 14.5. The maximum Gasteiger partial charge on any atom is 0.282 e. The first kappa shape index (κ1) is 26.9. The van der Waals surface area contributed by atoms with Crippen molar-refractivity contribution in [2.75, 3.05) is 6.61 Å². The van der Waals surface area contributed by atoms with Gasteiger partial charge in [-0.2, -0.15) is 0 Å². The van der Waals surface area contributed by atoms with Crippen molar-refractivity contribution in [1.82, 2.24) is 14.3 Å². The summed E-state index contributed by atoms with van der Waals surface area (Å²) in [4.78, 5) is 29.4. The molecule has 3 heterocycles. The lowest BCUT2D eigenvalue weighted by atomic mass is 10.0. The summed E-state index contributed by atoms with van der Waals surface area (Å²) >= 11 is 0. The summed E-state index contributed by atoms with van der Waals surface area (Å²) in [6, 6.07) is 9.03. The summed E-state index contributed by atoms with van der Waals surface area (Å²) in [5.74, 6) is -2.56. The van der Waals surface area contributed by atoms with Gasteiger partial charge in [-0.15, -0.1) is 0 Å². The summed E-state index contributed by atoms with van der Waals surface area (Å²) in [5.41, 5.74) is -0.852. The Morgan fingerprint density at radius 3 is 2.66 bits per heavy atom. The Kier molecular flexibility index (Phi) is 6.52. The zero-order chi connectivity index (χ0) is 29.1. The number of rotatable bonds is 8. The summed E-state index contributed by atoms with van der Waals surface area (Å²) in [5, 5.41) is 18.9. The molecule has 0 saturated heterocycles. The molecule has 1 aliphatic rings. The van der Waals surface area contributed by atoms with Crippen molar-refractivity contribution >= 4 is 37.8 Å². The number of H-pyrrole nitrogens is 1. The van der Waals surface area contributed by atoms with Gasteiger partial charge in [-0.1, -0.05) is 6.07 Å². The predicted molar refractivity (Wildman–Crippen MR) is 145 cm³/mol. The van der Waals surface area contributed by atoms with Crippen LogP contribution in [-0.4, -0.2) is 45.9 Å². The van der Waals surface area contributed by atoms with Gasteiger partial charge >= 0.3 is 0 Å². The van der Waals surface area contributed by atoms with Gasteiger partial charge in [-0.25, -0.2) is 21.9 Å². The molecule has 1 atom stereocenters. The van der Waals surface area contributed by atoms with Crippen LogP contribution in [0.3, 0.4) is 0 Å². The van der Waals surface area contributed by atoms with E-state index in [2.05, 4.69) is 9.71 Å². The van der Waals surface area contributed by atoms with Crippen molar-refractivity contribution in [3.8, 4) is 11.1 Å². The second-order valence-corrected chi connectivity index (χ2v) is 11.8. The highest BCUT2D eigenvalue weighted by Crippen LogP contribution is 2.41. The molecule has 0 bridgehead atoms. The van der Waals surface area contributed by atoms with Crippen LogP contribution in [0.4, 0.5) is 8.78 Å². The number of pyridine rings is 1. The fourth-order valence-electron chi connectivity index (χ4n) is 5.02. The lowest BCUT2D eigenvalue weighted by molar-refractivity contribution is 0.0954. The van der Waals surface area contributed by atoms with Gasteiger partial charge in [-0.05, 0) is 54.8 Å². The van der Waals surface area contributed by atoms with E-state index in [1.165, 1.54) is 47.4 Å². The topological polar surface area (TPSA) is 155 Å². The van der Waals surface area contributed by atoms with Crippen molar-refractivity contribution < 1.29 is 36.6 Å². The molecule has 0 aliphatic heterocycles. The van der Waals surface area contributed by atoms with E-state index in [0.29, 0.717) is 12.8 Å². The summed E-state index contributed by atoms with van der Waals surface area (Å²) in [7, 11) is -4.07. The minimum Gasteiger partial charge on any atom is -0.463 e. The van der Waals surface area contributed by atoms with Crippen LogP contribution in [0.5, 0.6) is 0 Å². The van der Waals surface area contributed by atoms with Crippen LogP contribution in [0.25, 0.3) is 33.0 Å². The molecule has 2 aromatic carbocycles. The van der Waals surface area contributed by atoms with E-state index in [1.54, 1.807) is 0 Å². The number of carbonyl (C=O) groups is 1. The minimum atomic E-state index is -4.07. The number of aliphatic hydroxyl groups excluding tert-OH is 2. The van der Waals surface area contributed by atoms with Crippen molar-refractivity contribution in [2.24, 2.45) is 0 Å². The number of fused-ring (bicyclic) bond motifs is 3. The average molecular weight is 584 g/mol. The lowest BCUT2D eigenvalue weighted by Crippen LogP contribution is -2.35. The molecule has 3 aromatic heterocycles. The molecule has 0 radical (unpaired) electrons. The molecule has 0 spiro atoms. The molecule has 6 rings (SSSR count). The zero-order valence-electron chi connectivity index (χ0n) is 21.2. The molecule has 13 heteroatoms. The third-order valence-electron chi connectivity index (χ3n) is 7.17. The molecule has 1 amide bonds. The van der Waals surface area contributed by atoms with Gasteiger partial charge in [-0.3, -0.25) is 9.59 Å². The number of sulfonamides is 1. The van der Waals surface area contributed by atoms with Crippen molar-refractivity contribution in [2.45, 2.75) is 30.7 Å². The Balaban J connectivity index is 1.69. The fraction of sp³-hybridized carbons (Fsp3) is 0.214. The van der Waals surface area contributed by atoms with Crippen LogP contribution in [-0.2, 0) is 16.6 Å². The Morgan fingerprint density at radius 2 is 1.95 bits per heavy atom. The maximum absolute atomic E-state index is 15.3. The Bertz CT molecular complexity index is 2010. The quantitative estimate of drug-likeness (QED) is 0.219. The van der Waals surface area contributed by atoms with Gasteiger partial charge < -0.3 is 24.2 Å². The number of furan rings is 1. The molecule has 4 N–H and O–H groups in total. The molecule has 5 aromatic rings. The maximum atomic E-state index is 15.3. The molecular weight excluding hydrogens is 560 g/mol. The van der Waals surface area contributed by atoms with Crippen molar-refractivity contribution in [1.29, 1.82) is 0 Å². The molecule has 10 nitrogen and oxygen atoms in total. The Labute approximate surface area is 230 Å². The standard InChI is InChI=1S/C28H23F2N3O7S/c29-19-6-3-14(22(35)13-34)10-15(19)12-33-21-11-20(30)17-7-9-40-26(17)24(21)23(18-2-1-8-31-27(18)36)25(33)28(37)32-41(38,39)16-4-5-16/h1-3,6-11,16,22,34-35H,4-5,12-13H2,(H,31,36)(H,32,37). The first-order chi connectivity index (χ1) is 19.6. The van der Waals surface area contributed by atoms with Crippen LogP contribution in [0, 0.1) is 11.6 Å². The van der Waals surface area contributed by atoms with Gasteiger partial charge in [0.15, 0.2) is 0 Å². The summed E-state index contributed by atoms with van der Waals surface area (Å²) < 4.78 is 64.9. The monoisotopic (exact) mass is 583 g/mol. The van der Waals surface area contributed by atoms with Gasteiger partial charge in [0.1, 0.15) is 29.0 Å². The number of nitrogens with one attached hydrogen (secondary N) is 2. The lowest BCUT2D eigenvalue weighted by Gasteiger charge is -2.15. The third kappa shape index (κ3) is 4.61. The number of amides is 1. The van der Waals surface area contributed by atoms with Crippen molar-refractivity contribution in [3.63, 3.8) is 0 Å². The highest BCUT2D eigenvalue weighted by Gasteiger charge is 2.39. The number of carbonyl (C=O) groups excluding carboxylic acids is 1. The number of aliphatic hydroxyl groups is 2. The van der Waals surface area contributed by atoms with Crippen LogP contribution in [0.1, 0.15) is 40.6 Å². The molecule has 1 fully saturated rings. The zero-order valence-corrected chi connectivity index (χ0v) is 22.0. The van der Waals surface area contributed by atoms with Crippen LogP contribution < -0.4 is 10.3 Å². The van der Waals surface area contributed by atoms with Gasteiger partial charge in [0, 0.05) is 17.3 Å². The summed E-state index contributed by atoms with van der Waals surface area (Å²) in [6.45, 7) is -1.07. The first-order valence-corrected chi connectivity index (χ1v) is 14.2. The van der Waals surface area contributed by atoms with Crippen molar-refractivity contribution in [3.05, 3.63) is 93.7 Å². The molecular formula is C28H23F2N3O7S. The number of benzene rings is 2. The van der Waals surface area contributed by atoms with E-state index in [-0.39, 0.29) is 49.8 Å².